The van der Waals surface area contributed by atoms with Gasteiger partial charge in [-0.25, -0.2) is 0 Å². The van der Waals surface area contributed by atoms with Crippen LogP contribution in [0.25, 0.3) is 0 Å². The first-order valence-corrected chi connectivity index (χ1v) is 5.87. The summed E-state index contributed by atoms with van der Waals surface area (Å²) in [6.45, 7) is 4.68. The summed E-state index contributed by atoms with van der Waals surface area (Å²) in [5.41, 5.74) is 7.24. The second-order valence-electron chi connectivity index (χ2n) is 4.28. The minimum absolute atomic E-state index is 0.0486. The van der Waals surface area contributed by atoms with Gasteiger partial charge in [0.1, 0.15) is 0 Å². The lowest BCUT2D eigenvalue weighted by Crippen LogP contribution is -2.56. The number of carbonyl (C=O) groups is 1. The molecule has 1 atom stereocenters. The topological polar surface area (TPSA) is 71.2 Å². The number of carbonyl (C=O) groups excluding carboxylic acids is 1. The van der Waals surface area contributed by atoms with E-state index in [0.717, 1.165) is 18.8 Å². The largest absolute Gasteiger partial charge is 0.332 e. The second-order valence-corrected chi connectivity index (χ2v) is 4.28. The molecule has 2 rings (SSSR count). The van der Waals surface area contributed by atoms with E-state index in [9.17, 15) is 4.79 Å². The molecular weight excluding hydrogens is 216 g/mol. The average molecular weight is 234 g/mol. The number of aryl methyl sites for hydroxylation is 1. The minimum Gasteiger partial charge on any atom is -0.332 e. The number of hydrogen-bond acceptors (Lipinski definition) is 4. The lowest BCUT2D eigenvalue weighted by atomic mass is 10.1. The molecule has 2 heterocycles. The lowest BCUT2D eigenvalue weighted by Gasteiger charge is -2.35. The van der Waals surface area contributed by atoms with Crippen molar-refractivity contribution in [3.63, 3.8) is 0 Å². The number of amides is 1. The zero-order chi connectivity index (χ0) is 12.3. The van der Waals surface area contributed by atoms with E-state index >= 15 is 0 Å². The highest BCUT2D eigenvalue weighted by atomic mass is 16.2. The molecule has 1 aromatic rings. The van der Waals surface area contributed by atoms with E-state index in [1.807, 2.05) is 17.9 Å². The highest BCUT2D eigenvalue weighted by molar-refractivity contribution is 5.94. The van der Waals surface area contributed by atoms with Gasteiger partial charge in [0, 0.05) is 43.6 Å². The number of nitrogens with two attached hydrogens (primary N) is 1. The Labute approximate surface area is 101 Å². The van der Waals surface area contributed by atoms with E-state index in [2.05, 4.69) is 10.3 Å². The van der Waals surface area contributed by atoms with Gasteiger partial charge in [0.25, 0.3) is 5.91 Å². The fourth-order valence-electron chi connectivity index (χ4n) is 2.08. The Hall–Kier alpha value is -1.46. The van der Waals surface area contributed by atoms with Crippen molar-refractivity contribution in [1.82, 2.24) is 15.2 Å². The first-order valence-electron chi connectivity index (χ1n) is 5.87. The van der Waals surface area contributed by atoms with E-state index in [0.29, 0.717) is 18.7 Å². The molecule has 0 saturated carbocycles. The molecule has 0 spiro atoms. The lowest BCUT2D eigenvalue weighted by molar-refractivity contribution is 0.0644. The van der Waals surface area contributed by atoms with Gasteiger partial charge in [0.05, 0.1) is 6.04 Å². The molecule has 3 N–H and O–H groups in total. The summed E-state index contributed by atoms with van der Waals surface area (Å²) in [6, 6.07) is 3.66. The van der Waals surface area contributed by atoms with Gasteiger partial charge in [-0.15, -0.1) is 0 Å². The molecule has 92 valence electrons. The monoisotopic (exact) mass is 234 g/mol. The molecule has 1 saturated heterocycles. The molecule has 1 aliphatic heterocycles. The fraction of sp³-hybridized carbons (Fsp3) is 0.500. The SMILES string of the molecule is Cc1cc(C(=O)N2CCNCC2CN)ccn1. The average Bonchev–Trinajstić information content (AvgIpc) is 2.38. The Kier molecular flexibility index (Phi) is 3.71. The van der Waals surface area contributed by atoms with Crippen LogP contribution < -0.4 is 11.1 Å². The molecule has 1 unspecified atom stereocenters. The molecule has 0 bridgehead atoms. The summed E-state index contributed by atoms with van der Waals surface area (Å²) in [5, 5.41) is 3.25. The van der Waals surface area contributed by atoms with Gasteiger partial charge >= 0.3 is 0 Å². The number of nitrogens with one attached hydrogen (secondary N) is 1. The van der Waals surface area contributed by atoms with Crippen molar-refractivity contribution in [3.05, 3.63) is 29.6 Å². The van der Waals surface area contributed by atoms with Gasteiger partial charge in [0.15, 0.2) is 0 Å². The summed E-state index contributed by atoms with van der Waals surface area (Å²) in [6.07, 6.45) is 1.67. The molecule has 1 fully saturated rings. The van der Waals surface area contributed by atoms with Crippen LogP contribution in [0.1, 0.15) is 16.1 Å². The van der Waals surface area contributed by atoms with Crippen molar-refractivity contribution in [2.24, 2.45) is 5.73 Å². The van der Waals surface area contributed by atoms with Gasteiger partial charge in [-0.05, 0) is 19.1 Å². The van der Waals surface area contributed by atoms with Crippen LogP contribution in [-0.4, -0.2) is 48.0 Å². The maximum atomic E-state index is 12.3. The van der Waals surface area contributed by atoms with Crippen molar-refractivity contribution >= 4 is 5.91 Å². The number of piperazine rings is 1. The number of hydrogen-bond donors (Lipinski definition) is 2. The molecule has 1 amide bonds. The Balaban J connectivity index is 2.18. The van der Waals surface area contributed by atoms with Gasteiger partial charge in [-0.1, -0.05) is 0 Å². The van der Waals surface area contributed by atoms with Crippen molar-refractivity contribution in [2.45, 2.75) is 13.0 Å². The highest BCUT2D eigenvalue weighted by Crippen LogP contribution is 2.10. The Morgan fingerprint density at radius 2 is 2.53 bits per heavy atom. The molecule has 1 aliphatic rings. The van der Waals surface area contributed by atoms with Gasteiger partial charge in [-0.2, -0.15) is 0 Å². The molecule has 0 aliphatic carbocycles. The third-order valence-corrected chi connectivity index (χ3v) is 3.03. The minimum atomic E-state index is 0.0486. The van der Waals surface area contributed by atoms with E-state index in [-0.39, 0.29) is 11.9 Å². The predicted molar refractivity (Wildman–Crippen MR) is 65.7 cm³/mol. The Bertz CT molecular complexity index is 407. The predicted octanol–water partition coefficient (Wildman–Crippen LogP) is -0.237. The Morgan fingerprint density at radius 3 is 3.24 bits per heavy atom. The third-order valence-electron chi connectivity index (χ3n) is 3.03. The van der Waals surface area contributed by atoms with Crippen LogP contribution in [0.5, 0.6) is 0 Å². The van der Waals surface area contributed by atoms with Gasteiger partial charge in [-0.3, -0.25) is 9.78 Å². The maximum absolute atomic E-state index is 12.3. The summed E-state index contributed by atoms with van der Waals surface area (Å²) in [4.78, 5) is 18.3. The highest BCUT2D eigenvalue weighted by Gasteiger charge is 2.26. The van der Waals surface area contributed by atoms with E-state index in [1.54, 1.807) is 12.3 Å². The summed E-state index contributed by atoms with van der Waals surface area (Å²) < 4.78 is 0. The van der Waals surface area contributed by atoms with Crippen LogP contribution in [0, 0.1) is 6.92 Å². The molecular formula is C12H18N4O. The molecule has 5 heteroatoms. The number of pyridine rings is 1. The standard InChI is InChI=1S/C12H18N4O/c1-9-6-10(2-3-15-9)12(17)16-5-4-14-8-11(16)7-13/h2-3,6,11,14H,4-5,7-8,13H2,1H3. The zero-order valence-corrected chi connectivity index (χ0v) is 10.0. The van der Waals surface area contributed by atoms with Crippen LogP contribution in [0.4, 0.5) is 0 Å². The van der Waals surface area contributed by atoms with Crippen LogP contribution in [-0.2, 0) is 0 Å². The van der Waals surface area contributed by atoms with Crippen molar-refractivity contribution in [1.29, 1.82) is 0 Å². The van der Waals surface area contributed by atoms with Gasteiger partial charge < -0.3 is 16.0 Å². The normalized spacial score (nSPS) is 20.4. The maximum Gasteiger partial charge on any atom is 0.254 e. The van der Waals surface area contributed by atoms with E-state index < -0.39 is 0 Å². The van der Waals surface area contributed by atoms with Crippen LogP contribution >= 0.6 is 0 Å². The molecule has 0 radical (unpaired) electrons. The van der Waals surface area contributed by atoms with E-state index in [1.165, 1.54) is 0 Å². The van der Waals surface area contributed by atoms with Crippen LogP contribution in [0.3, 0.4) is 0 Å². The second kappa shape index (κ2) is 5.25. The van der Waals surface area contributed by atoms with Crippen LogP contribution in [0.15, 0.2) is 18.3 Å². The smallest absolute Gasteiger partial charge is 0.254 e. The number of rotatable bonds is 2. The first-order chi connectivity index (χ1) is 8.22. The quantitative estimate of drug-likeness (QED) is 0.741. The van der Waals surface area contributed by atoms with Crippen molar-refractivity contribution in [3.8, 4) is 0 Å². The Morgan fingerprint density at radius 1 is 1.71 bits per heavy atom. The zero-order valence-electron chi connectivity index (χ0n) is 10.0. The third kappa shape index (κ3) is 2.62. The van der Waals surface area contributed by atoms with Crippen molar-refractivity contribution < 1.29 is 4.79 Å². The first kappa shape index (κ1) is 12.0. The number of nitrogens with zero attached hydrogens (tertiary/aromatic N) is 2. The van der Waals surface area contributed by atoms with E-state index in [4.69, 9.17) is 5.73 Å². The molecule has 17 heavy (non-hydrogen) atoms. The summed E-state index contributed by atoms with van der Waals surface area (Å²) in [7, 11) is 0. The van der Waals surface area contributed by atoms with Crippen molar-refractivity contribution in [2.75, 3.05) is 26.2 Å². The molecule has 1 aromatic heterocycles. The molecule has 0 aromatic carbocycles. The van der Waals surface area contributed by atoms with Crippen LogP contribution in [0.2, 0.25) is 0 Å². The summed E-state index contributed by atoms with van der Waals surface area (Å²) in [5.74, 6) is 0.0486. The molecule has 5 nitrogen and oxygen atoms in total. The number of aromatic nitrogens is 1. The fourth-order valence-corrected chi connectivity index (χ4v) is 2.08. The summed E-state index contributed by atoms with van der Waals surface area (Å²) >= 11 is 0. The van der Waals surface area contributed by atoms with Gasteiger partial charge in [0.2, 0.25) is 0 Å².